The van der Waals surface area contributed by atoms with Crippen molar-refractivity contribution < 1.29 is 19.8 Å². The molecular weight excluding hydrogens is 316 g/mol. The summed E-state index contributed by atoms with van der Waals surface area (Å²) in [6.45, 7) is 2.20. The van der Waals surface area contributed by atoms with Crippen LogP contribution in [0, 0.1) is 0 Å². The number of unbranched alkanes of at least 4 members (excludes halogenated alkanes) is 7. The quantitative estimate of drug-likeness (QED) is 0.366. The lowest BCUT2D eigenvalue weighted by molar-refractivity contribution is -0.139. The second-order valence-electron chi connectivity index (χ2n) is 6.45. The van der Waals surface area contributed by atoms with Crippen LogP contribution in [0.1, 0.15) is 81.8 Å². The molecule has 4 heteroatoms. The van der Waals surface area contributed by atoms with Crippen molar-refractivity contribution in [2.45, 2.75) is 70.6 Å². The molecule has 0 aliphatic heterocycles. The predicted octanol–water partition coefficient (Wildman–Crippen LogP) is 5.48. The van der Waals surface area contributed by atoms with Gasteiger partial charge in [-0.25, -0.2) is 4.79 Å². The molecule has 0 fully saturated rings. The number of carboxylic acids is 2. The van der Waals surface area contributed by atoms with Gasteiger partial charge in [-0.05, 0) is 23.6 Å². The molecular formula is C21H30O4. The van der Waals surface area contributed by atoms with E-state index < -0.39 is 17.9 Å². The number of aliphatic carboxylic acids is 2. The molecule has 0 amide bonds. The fourth-order valence-electron chi connectivity index (χ4n) is 3.04. The number of carboxylic acid groups (broad SMARTS) is 2. The summed E-state index contributed by atoms with van der Waals surface area (Å²) in [5, 5.41) is 18.4. The van der Waals surface area contributed by atoms with Gasteiger partial charge in [0.25, 0.3) is 0 Å². The van der Waals surface area contributed by atoms with Crippen LogP contribution in [0.15, 0.2) is 30.3 Å². The Kier molecular flexibility index (Phi) is 10.3. The Balaban J connectivity index is 2.57. The Morgan fingerprint density at radius 2 is 1.56 bits per heavy atom. The lowest BCUT2D eigenvalue weighted by Gasteiger charge is -2.15. The van der Waals surface area contributed by atoms with Gasteiger partial charge >= 0.3 is 11.9 Å². The maximum absolute atomic E-state index is 11.7. The Morgan fingerprint density at radius 3 is 2.16 bits per heavy atom. The number of carbonyl (C=O) groups is 2. The number of rotatable bonds is 13. The van der Waals surface area contributed by atoms with Crippen LogP contribution in [0.2, 0.25) is 0 Å². The van der Waals surface area contributed by atoms with E-state index in [1.54, 1.807) is 24.3 Å². The molecule has 25 heavy (non-hydrogen) atoms. The zero-order chi connectivity index (χ0) is 18.5. The highest BCUT2D eigenvalue weighted by molar-refractivity contribution is 5.86. The highest BCUT2D eigenvalue weighted by Gasteiger charge is 2.21. The molecule has 1 aromatic carbocycles. The van der Waals surface area contributed by atoms with Crippen molar-refractivity contribution >= 4 is 18.0 Å². The van der Waals surface area contributed by atoms with E-state index in [1.165, 1.54) is 38.2 Å². The molecule has 0 saturated heterocycles. The highest BCUT2D eigenvalue weighted by atomic mass is 16.4. The first kappa shape index (κ1) is 20.9. The molecule has 0 aliphatic carbocycles. The molecule has 4 nitrogen and oxygen atoms in total. The first-order chi connectivity index (χ1) is 12.1. The zero-order valence-corrected chi connectivity index (χ0v) is 15.1. The van der Waals surface area contributed by atoms with Crippen LogP contribution in [0.25, 0.3) is 6.08 Å². The molecule has 0 heterocycles. The van der Waals surface area contributed by atoms with Gasteiger partial charge < -0.3 is 10.2 Å². The molecule has 0 aliphatic rings. The molecule has 0 radical (unpaired) electrons. The number of hydrogen-bond donors (Lipinski definition) is 2. The van der Waals surface area contributed by atoms with E-state index in [4.69, 9.17) is 5.11 Å². The number of benzene rings is 1. The third-order valence-corrected chi connectivity index (χ3v) is 4.42. The van der Waals surface area contributed by atoms with E-state index in [2.05, 4.69) is 6.92 Å². The predicted molar refractivity (Wildman–Crippen MR) is 101 cm³/mol. The molecule has 1 unspecified atom stereocenters. The van der Waals surface area contributed by atoms with Gasteiger partial charge in [-0.15, -0.1) is 0 Å². The smallest absolute Gasteiger partial charge is 0.328 e. The standard InChI is InChI=1S/C21H30O4/c1-2-3-4-5-6-7-8-9-14-19(21(24)25)18-13-11-10-12-17(18)15-16-20(22)23/h10-13,15-16,19H,2-9,14H2,1H3,(H,22,23)(H,24,25)/b16-15+. The van der Waals surface area contributed by atoms with Gasteiger partial charge in [-0.2, -0.15) is 0 Å². The minimum absolute atomic E-state index is 0.586. The van der Waals surface area contributed by atoms with Crippen molar-refractivity contribution in [3.8, 4) is 0 Å². The molecule has 0 spiro atoms. The van der Waals surface area contributed by atoms with Crippen molar-refractivity contribution in [3.05, 3.63) is 41.5 Å². The maximum Gasteiger partial charge on any atom is 0.328 e. The van der Waals surface area contributed by atoms with Crippen molar-refractivity contribution in [1.29, 1.82) is 0 Å². The average Bonchev–Trinajstić information content (AvgIpc) is 2.59. The monoisotopic (exact) mass is 346 g/mol. The minimum Gasteiger partial charge on any atom is -0.481 e. The Labute approximate surface area is 150 Å². The van der Waals surface area contributed by atoms with Crippen LogP contribution >= 0.6 is 0 Å². The molecule has 0 saturated carbocycles. The van der Waals surface area contributed by atoms with E-state index in [-0.39, 0.29) is 0 Å². The lowest BCUT2D eigenvalue weighted by Crippen LogP contribution is -2.13. The highest BCUT2D eigenvalue weighted by Crippen LogP contribution is 2.27. The molecule has 2 N–H and O–H groups in total. The summed E-state index contributed by atoms with van der Waals surface area (Å²) in [4.78, 5) is 22.4. The fraction of sp³-hybridized carbons (Fsp3) is 0.524. The summed E-state index contributed by atoms with van der Waals surface area (Å²) < 4.78 is 0. The molecule has 0 aromatic heterocycles. The molecule has 1 aromatic rings. The van der Waals surface area contributed by atoms with Gasteiger partial charge in [-0.3, -0.25) is 4.79 Å². The fourth-order valence-corrected chi connectivity index (χ4v) is 3.04. The summed E-state index contributed by atoms with van der Waals surface area (Å²) in [5.41, 5.74) is 1.35. The summed E-state index contributed by atoms with van der Waals surface area (Å²) in [5.74, 6) is -2.47. The first-order valence-electron chi connectivity index (χ1n) is 9.29. The topological polar surface area (TPSA) is 74.6 Å². The molecule has 1 atom stereocenters. The van der Waals surface area contributed by atoms with E-state index in [0.717, 1.165) is 25.3 Å². The van der Waals surface area contributed by atoms with Crippen molar-refractivity contribution in [1.82, 2.24) is 0 Å². The van der Waals surface area contributed by atoms with Crippen LogP contribution in [-0.2, 0) is 9.59 Å². The number of hydrogen-bond acceptors (Lipinski definition) is 2. The van der Waals surface area contributed by atoms with Crippen molar-refractivity contribution in [2.24, 2.45) is 0 Å². The van der Waals surface area contributed by atoms with Gasteiger partial charge in [0, 0.05) is 6.08 Å². The van der Waals surface area contributed by atoms with Gasteiger partial charge in [-0.1, -0.05) is 82.6 Å². The summed E-state index contributed by atoms with van der Waals surface area (Å²) in [7, 11) is 0. The zero-order valence-electron chi connectivity index (χ0n) is 15.1. The minimum atomic E-state index is -1.04. The Hall–Kier alpha value is -2.10. The van der Waals surface area contributed by atoms with Crippen LogP contribution in [0.5, 0.6) is 0 Å². The van der Waals surface area contributed by atoms with Crippen molar-refractivity contribution in [3.63, 3.8) is 0 Å². The summed E-state index contributed by atoms with van der Waals surface area (Å²) in [6.07, 6.45) is 12.5. The van der Waals surface area contributed by atoms with Gasteiger partial charge in [0.15, 0.2) is 0 Å². The van der Waals surface area contributed by atoms with Crippen LogP contribution in [0.3, 0.4) is 0 Å². The van der Waals surface area contributed by atoms with Crippen LogP contribution < -0.4 is 0 Å². The van der Waals surface area contributed by atoms with E-state index in [9.17, 15) is 14.7 Å². The Morgan fingerprint density at radius 1 is 0.960 bits per heavy atom. The summed E-state index contributed by atoms with van der Waals surface area (Å²) >= 11 is 0. The second-order valence-corrected chi connectivity index (χ2v) is 6.45. The Bertz CT molecular complexity index is 563. The second kappa shape index (κ2) is 12.3. The lowest BCUT2D eigenvalue weighted by atomic mass is 9.89. The largest absolute Gasteiger partial charge is 0.481 e. The first-order valence-corrected chi connectivity index (χ1v) is 9.29. The third-order valence-electron chi connectivity index (χ3n) is 4.42. The van der Waals surface area contributed by atoms with E-state index >= 15 is 0 Å². The molecule has 1 rings (SSSR count). The summed E-state index contributed by atoms with van der Waals surface area (Å²) in [6, 6.07) is 7.14. The average molecular weight is 346 g/mol. The van der Waals surface area contributed by atoms with E-state index in [1.807, 2.05) is 0 Å². The third kappa shape index (κ3) is 8.52. The van der Waals surface area contributed by atoms with Gasteiger partial charge in [0.05, 0.1) is 5.92 Å². The maximum atomic E-state index is 11.7. The van der Waals surface area contributed by atoms with E-state index in [0.29, 0.717) is 17.5 Å². The van der Waals surface area contributed by atoms with Crippen molar-refractivity contribution in [2.75, 3.05) is 0 Å². The van der Waals surface area contributed by atoms with Gasteiger partial charge in [0.2, 0.25) is 0 Å². The molecule has 138 valence electrons. The van der Waals surface area contributed by atoms with Gasteiger partial charge in [0.1, 0.15) is 0 Å². The molecule has 0 bridgehead atoms. The normalized spacial score (nSPS) is 12.4. The van der Waals surface area contributed by atoms with Crippen LogP contribution in [-0.4, -0.2) is 22.2 Å². The SMILES string of the molecule is CCCCCCCCCCC(C(=O)O)c1ccccc1/C=C/C(=O)O. The van der Waals surface area contributed by atoms with Crippen LogP contribution in [0.4, 0.5) is 0 Å².